The first-order chi connectivity index (χ1) is 19.5. The van der Waals surface area contributed by atoms with Gasteiger partial charge in [0.2, 0.25) is 0 Å². The Morgan fingerprint density at radius 3 is 2.25 bits per heavy atom. The molecule has 7 rings (SSSR count). The van der Waals surface area contributed by atoms with E-state index in [1.807, 2.05) is 71.6 Å². The van der Waals surface area contributed by atoms with E-state index in [9.17, 15) is 14.4 Å². The Morgan fingerprint density at radius 1 is 0.850 bits per heavy atom. The third kappa shape index (κ3) is 3.24. The van der Waals surface area contributed by atoms with Gasteiger partial charge in [0, 0.05) is 33.3 Å². The predicted octanol–water partition coefficient (Wildman–Crippen LogP) is 6.66. The van der Waals surface area contributed by atoms with Crippen molar-refractivity contribution < 1.29 is 19.1 Å². The Morgan fingerprint density at radius 2 is 1.55 bits per heavy atom. The Bertz CT molecular complexity index is 1710. The number of carbonyl (C=O) groups excluding carboxylic acids is 3. The molecule has 4 aromatic rings. The number of hydrogen-bond acceptors (Lipinski definition) is 5. The molecule has 0 amide bonds. The van der Waals surface area contributed by atoms with Crippen LogP contribution in [0.3, 0.4) is 0 Å². The van der Waals surface area contributed by atoms with Gasteiger partial charge >= 0.3 is 0 Å². The first-order valence-corrected chi connectivity index (χ1v) is 13.5. The topological polar surface area (TPSA) is 63.7 Å². The van der Waals surface area contributed by atoms with Gasteiger partial charge in [-0.3, -0.25) is 14.4 Å². The van der Waals surface area contributed by atoms with Crippen LogP contribution < -0.4 is 9.64 Å². The van der Waals surface area contributed by atoms with E-state index in [-0.39, 0.29) is 17.3 Å². The van der Waals surface area contributed by atoms with Crippen molar-refractivity contribution in [1.29, 1.82) is 0 Å². The first kappa shape index (κ1) is 24.6. The number of rotatable bonds is 4. The van der Waals surface area contributed by atoms with Crippen molar-refractivity contribution in [1.82, 2.24) is 0 Å². The molecule has 0 radical (unpaired) electrons. The Labute approximate surface area is 236 Å². The van der Waals surface area contributed by atoms with E-state index in [2.05, 4.69) is 0 Å². The number of ether oxygens (including phenoxy) is 1. The van der Waals surface area contributed by atoms with Crippen molar-refractivity contribution in [2.45, 2.75) is 18.0 Å². The summed E-state index contributed by atoms with van der Waals surface area (Å²) in [6.45, 7) is 0. The fraction of sp³-hybridized carbons (Fsp3) is 0.147. The lowest BCUT2D eigenvalue weighted by molar-refractivity contribution is 0.0665. The lowest BCUT2D eigenvalue weighted by Crippen LogP contribution is -2.48. The average Bonchev–Trinajstić information content (AvgIpc) is 3.43. The van der Waals surface area contributed by atoms with E-state index >= 15 is 0 Å². The molecule has 5 nitrogen and oxygen atoms in total. The summed E-state index contributed by atoms with van der Waals surface area (Å²) in [5, 5.41) is 0.562. The third-order valence-corrected chi connectivity index (χ3v) is 8.78. The van der Waals surface area contributed by atoms with Crippen LogP contribution in [0.2, 0.25) is 5.02 Å². The summed E-state index contributed by atoms with van der Waals surface area (Å²) in [4.78, 5) is 45.9. The summed E-state index contributed by atoms with van der Waals surface area (Å²) in [5.74, 6) is -0.897. The number of carbonyl (C=O) groups is 3. The van der Waals surface area contributed by atoms with Crippen LogP contribution in [0.4, 0.5) is 5.69 Å². The second kappa shape index (κ2) is 9.04. The number of benzene rings is 4. The van der Waals surface area contributed by atoms with Gasteiger partial charge in [-0.05, 0) is 41.5 Å². The van der Waals surface area contributed by atoms with Gasteiger partial charge in [-0.25, -0.2) is 0 Å². The third-order valence-electron chi connectivity index (χ3n) is 8.55. The minimum atomic E-state index is -1.56. The Balaban J connectivity index is 1.56. The zero-order valence-corrected chi connectivity index (χ0v) is 22.3. The van der Waals surface area contributed by atoms with E-state index in [1.165, 1.54) is 0 Å². The summed E-state index contributed by atoms with van der Waals surface area (Å²) >= 11 is 6.36. The Kier molecular flexibility index (Phi) is 5.55. The summed E-state index contributed by atoms with van der Waals surface area (Å²) in [6, 6.07) is 27.3. The van der Waals surface area contributed by atoms with Crippen LogP contribution in [-0.4, -0.2) is 36.5 Å². The number of nitrogens with zero attached hydrogens (tertiary/aromatic N) is 1. The number of methoxy groups -OCH3 is 1. The van der Waals surface area contributed by atoms with Crippen molar-refractivity contribution in [3.63, 3.8) is 0 Å². The van der Waals surface area contributed by atoms with E-state index < -0.39 is 23.4 Å². The van der Waals surface area contributed by atoms with Crippen molar-refractivity contribution in [3.8, 4) is 5.75 Å². The summed E-state index contributed by atoms with van der Waals surface area (Å²) in [5.41, 5.74) is 2.02. The number of halogens is 1. The van der Waals surface area contributed by atoms with E-state index in [0.29, 0.717) is 33.0 Å². The lowest BCUT2D eigenvalue weighted by atomic mass is 9.64. The molecule has 3 aliphatic rings. The van der Waals surface area contributed by atoms with Crippen molar-refractivity contribution in [3.05, 3.63) is 136 Å². The quantitative estimate of drug-likeness (QED) is 0.212. The smallest absolute Gasteiger partial charge is 0.185 e. The molecule has 1 spiro atoms. The summed E-state index contributed by atoms with van der Waals surface area (Å²) in [6.07, 6.45) is 3.80. The molecule has 0 N–H and O–H groups in total. The fourth-order valence-corrected chi connectivity index (χ4v) is 7.11. The molecule has 1 fully saturated rings. The molecule has 1 unspecified atom stereocenters. The molecule has 0 aromatic heterocycles. The van der Waals surface area contributed by atoms with Crippen molar-refractivity contribution >= 4 is 40.7 Å². The van der Waals surface area contributed by atoms with Crippen LogP contribution in [0.15, 0.2) is 103 Å². The maximum atomic E-state index is 14.7. The Hall–Kier alpha value is -4.48. The maximum absolute atomic E-state index is 14.7. The second-order valence-electron chi connectivity index (χ2n) is 10.4. The van der Waals surface area contributed by atoms with Gasteiger partial charge in [0.25, 0.3) is 0 Å². The zero-order chi connectivity index (χ0) is 27.6. The molecule has 0 bridgehead atoms. The number of hydrogen-bond donors (Lipinski definition) is 0. The van der Waals surface area contributed by atoms with Gasteiger partial charge in [0.05, 0.1) is 13.2 Å². The zero-order valence-electron chi connectivity index (χ0n) is 21.6. The van der Waals surface area contributed by atoms with Gasteiger partial charge in [0.1, 0.15) is 17.2 Å². The van der Waals surface area contributed by atoms with Crippen LogP contribution >= 0.6 is 11.6 Å². The normalized spacial score (nSPS) is 21.8. The monoisotopic (exact) mass is 545 g/mol. The van der Waals surface area contributed by atoms with E-state index in [1.54, 1.807) is 49.6 Å². The number of ketones is 3. The highest BCUT2D eigenvalue weighted by molar-refractivity contribution is 6.32. The largest absolute Gasteiger partial charge is 0.497 e. The van der Waals surface area contributed by atoms with Crippen LogP contribution in [0, 0.1) is 5.41 Å². The second-order valence-corrected chi connectivity index (χ2v) is 10.9. The predicted molar refractivity (Wildman–Crippen MR) is 155 cm³/mol. The minimum absolute atomic E-state index is 0.164. The highest BCUT2D eigenvalue weighted by Gasteiger charge is 2.71. The molecule has 6 heteroatoms. The molecular weight excluding hydrogens is 522 g/mol. The molecule has 40 heavy (non-hydrogen) atoms. The van der Waals surface area contributed by atoms with Crippen LogP contribution in [0.25, 0.3) is 6.08 Å². The first-order valence-electron chi connectivity index (χ1n) is 13.1. The van der Waals surface area contributed by atoms with Gasteiger partial charge < -0.3 is 9.64 Å². The molecular formula is C34H24ClNO4. The van der Waals surface area contributed by atoms with Gasteiger partial charge in [0.15, 0.2) is 17.3 Å². The highest BCUT2D eigenvalue weighted by Crippen LogP contribution is 2.61. The standard InChI is InChI=1S/C34H24ClNO4/c1-40-24-11-7-10-22(19-24)29-30(31(37)20-8-3-2-4-9-20)36-27-16-15-23(35)18-21(27)14-17-28(36)34(29)32(38)25-12-5-6-13-26(25)33(34)39/h2-19,28-30H,1H3/t28?,29-,30+/m0/s1. The molecule has 1 saturated heterocycles. The van der Waals surface area contributed by atoms with E-state index in [4.69, 9.17) is 16.3 Å². The number of anilines is 1. The molecule has 2 aliphatic heterocycles. The van der Waals surface area contributed by atoms with Gasteiger partial charge in [-0.2, -0.15) is 0 Å². The molecule has 0 saturated carbocycles. The molecule has 4 aromatic carbocycles. The van der Waals surface area contributed by atoms with Crippen molar-refractivity contribution in [2.75, 3.05) is 12.0 Å². The average molecular weight is 546 g/mol. The molecule has 196 valence electrons. The SMILES string of the molecule is COc1cccc([C@H]2[C@H](C(=O)c3ccccc3)N3c4ccc(Cl)cc4C=CC3C23C(=O)c2ccccc2C3=O)c1. The molecule has 3 atom stereocenters. The van der Waals surface area contributed by atoms with Gasteiger partial charge in [-0.1, -0.05) is 90.5 Å². The molecule has 1 aliphatic carbocycles. The van der Waals surface area contributed by atoms with Crippen LogP contribution in [0.5, 0.6) is 5.75 Å². The number of fused-ring (bicyclic) bond motifs is 5. The lowest BCUT2D eigenvalue weighted by Gasteiger charge is -2.37. The number of Topliss-reactive ketones (excluding diaryl/α,β-unsaturated/α-hetero) is 3. The summed E-state index contributed by atoms with van der Waals surface area (Å²) < 4.78 is 5.55. The summed E-state index contributed by atoms with van der Waals surface area (Å²) in [7, 11) is 1.57. The highest BCUT2D eigenvalue weighted by atomic mass is 35.5. The van der Waals surface area contributed by atoms with Crippen molar-refractivity contribution in [2.24, 2.45) is 5.41 Å². The fourth-order valence-electron chi connectivity index (χ4n) is 6.93. The van der Waals surface area contributed by atoms with Crippen LogP contribution in [0.1, 0.15) is 48.1 Å². The molecule has 2 heterocycles. The minimum Gasteiger partial charge on any atom is -0.497 e. The van der Waals surface area contributed by atoms with Gasteiger partial charge in [-0.15, -0.1) is 0 Å². The van der Waals surface area contributed by atoms with Crippen LogP contribution in [-0.2, 0) is 0 Å². The maximum Gasteiger partial charge on any atom is 0.185 e. The van der Waals surface area contributed by atoms with E-state index in [0.717, 1.165) is 11.3 Å².